The first-order valence-electron chi connectivity index (χ1n) is 15.2. The Hall–Kier alpha value is -1.51. The summed E-state index contributed by atoms with van der Waals surface area (Å²) in [5.41, 5.74) is -0.267. The number of carbonyl (C=O) groups is 3. The van der Waals surface area contributed by atoms with Crippen molar-refractivity contribution >= 4 is 18.2 Å². The van der Waals surface area contributed by atoms with Crippen LogP contribution in [0.3, 0.4) is 0 Å². The van der Waals surface area contributed by atoms with Crippen LogP contribution in [-0.2, 0) is 23.9 Å². The van der Waals surface area contributed by atoms with Gasteiger partial charge in [0, 0.05) is 13.3 Å². The lowest BCUT2D eigenvalue weighted by Gasteiger charge is -2.63. The van der Waals surface area contributed by atoms with Crippen LogP contribution in [0.5, 0.6) is 0 Å². The molecule has 3 N–H and O–H groups in total. The Kier molecular flexibility index (Phi) is 9.49. The second kappa shape index (κ2) is 12.2. The van der Waals surface area contributed by atoms with Crippen molar-refractivity contribution in [3.05, 3.63) is 0 Å². The molecule has 0 aliphatic heterocycles. The van der Waals surface area contributed by atoms with E-state index in [-0.39, 0.29) is 65.5 Å². The molecular weight excluding hydrogens is 500 g/mol. The third kappa shape index (κ3) is 5.94. The molecule has 0 saturated heterocycles. The zero-order chi connectivity index (χ0) is 28.5. The summed E-state index contributed by atoms with van der Waals surface area (Å²) in [6.07, 6.45) is 6.11. The molecule has 4 saturated carbocycles. The van der Waals surface area contributed by atoms with Crippen LogP contribution in [0.4, 0.5) is 0 Å². The number of hydrogen-bond donors (Lipinski definition) is 3. The first-order chi connectivity index (χ1) is 18.4. The van der Waals surface area contributed by atoms with E-state index in [0.29, 0.717) is 37.9 Å². The van der Waals surface area contributed by atoms with Crippen molar-refractivity contribution in [1.29, 1.82) is 0 Å². The fourth-order valence-corrected chi connectivity index (χ4v) is 9.56. The van der Waals surface area contributed by atoms with Gasteiger partial charge in [0.2, 0.25) is 0 Å². The molecule has 0 aromatic heterocycles. The highest BCUT2D eigenvalue weighted by molar-refractivity contribution is 5.72. The number of rotatable bonds is 10. The van der Waals surface area contributed by atoms with E-state index in [0.717, 1.165) is 38.5 Å². The fraction of sp³-hybridized carbons (Fsp3) is 0.903. The van der Waals surface area contributed by atoms with Crippen LogP contribution in [0.15, 0.2) is 0 Å². The zero-order valence-corrected chi connectivity index (χ0v) is 24.2. The molecule has 0 aromatic rings. The van der Waals surface area contributed by atoms with Crippen LogP contribution in [0, 0.1) is 46.3 Å². The number of carbonyl (C=O) groups excluding carboxylic acids is 3. The topological polar surface area (TPSA) is 130 Å². The molecule has 39 heavy (non-hydrogen) atoms. The standard InChI is InChI=1S/C31H50O8/c1-18(7-10-28(37)39-22(17-32)6-5-13-38-19(2)33)23-8-9-24-29-25(16-27(36)31(23,24)4)30(3)12-11-21(34)14-20(30)15-26(29)35/h17-18,20-27,29,34-36H,5-16H2,1-4H3/t18-,20+,21-,22-,23-,24?,25+,26?,27+,29?,30+,31-/m1/s1. The number of aliphatic hydroxyl groups excluding tert-OH is 3. The Bertz CT molecular complexity index is 892. The number of esters is 2. The van der Waals surface area contributed by atoms with E-state index in [1.807, 2.05) is 0 Å². The molecular formula is C31H50O8. The van der Waals surface area contributed by atoms with E-state index in [9.17, 15) is 29.7 Å². The summed E-state index contributed by atoms with van der Waals surface area (Å²) in [6.45, 7) is 8.22. The summed E-state index contributed by atoms with van der Waals surface area (Å²) in [6, 6.07) is 0. The Balaban J connectivity index is 1.36. The first-order valence-corrected chi connectivity index (χ1v) is 15.2. The average molecular weight is 551 g/mol. The second-order valence-corrected chi connectivity index (χ2v) is 13.7. The van der Waals surface area contributed by atoms with Crippen LogP contribution >= 0.6 is 0 Å². The van der Waals surface area contributed by atoms with Crippen LogP contribution in [0.2, 0.25) is 0 Å². The molecule has 4 aliphatic carbocycles. The van der Waals surface area contributed by atoms with E-state index in [1.165, 1.54) is 6.92 Å². The van der Waals surface area contributed by atoms with Gasteiger partial charge in [-0.1, -0.05) is 20.8 Å². The van der Waals surface area contributed by atoms with E-state index in [2.05, 4.69) is 20.8 Å². The van der Waals surface area contributed by atoms with Gasteiger partial charge in [-0.2, -0.15) is 0 Å². The molecule has 8 heteroatoms. The maximum absolute atomic E-state index is 12.6. The predicted molar refractivity (Wildman–Crippen MR) is 144 cm³/mol. The van der Waals surface area contributed by atoms with Gasteiger partial charge in [0.25, 0.3) is 0 Å². The fourth-order valence-electron chi connectivity index (χ4n) is 9.56. The summed E-state index contributed by atoms with van der Waals surface area (Å²) in [4.78, 5) is 34.8. The monoisotopic (exact) mass is 550 g/mol. The maximum atomic E-state index is 12.6. The van der Waals surface area contributed by atoms with E-state index in [4.69, 9.17) is 9.47 Å². The van der Waals surface area contributed by atoms with Crippen molar-refractivity contribution in [2.75, 3.05) is 6.61 Å². The van der Waals surface area contributed by atoms with Crippen molar-refractivity contribution in [1.82, 2.24) is 0 Å². The Morgan fingerprint density at radius 1 is 1.03 bits per heavy atom. The van der Waals surface area contributed by atoms with E-state index in [1.54, 1.807) is 0 Å². The number of aldehydes is 1. The van der Waals surface area contributed by atoms with Crippen LogP contribution in [-0.4, -0.2) is 64.6 Å². The average Bonchev–Trinajstić information content (AvgIpc) is 3.24. The van der Waals surface area contributed by atoms with Gasteiger partial charge in [-0.25, -0.2) is 0 Å². The quantitative estimate of drug-likeness (QED) is 0.213. The third-order valence-corrected chi connectivity index (χ3v) is 11.7. The molecule has 0 aromatic carbocycles. The lowest BCUT2D eigenvalue weighted by molar-refractivity contribution is -0.207. The third-order valence-electron chi connectivity index (χ3n) is 11.7. The maximum Gasteiger partial charge on any atom is 0.306 e. The largest absolute Gasteiger partial charge is 0.466 e. The van der Waals surface area contributed by atoms with Gasteiger partial charge in [0.1, 0.15) is 0 Å². The SMILES string of the molecule is CC(=O)OCCC[C@H](C=O)OC(=O)CC[C@@H](C)[C@H]1CCC2C3C(O)C[C@@H]4C[C@H](O)CC[C@]4(C)[C@H]3C[C@H](O)[C@@]21C. The Labute approximate surface area is 233 Å². The van der Waals surface area contributed by atoms with Gasteiger partial charge >= 0.3 is 11.9 Å². The first kappa shape index (κ1) is 30.4. The highest BCUT2D eigenvalue weighted by atomic mass is 16.5. The summed E-state index contributed by atoms with van der Waals surface area (Å²) in [5.74, 6) is 0.602. The van der Waals surface area contributed by atoms with Gasteiger partial charge in [-0.15, -0.1) is 0 Å². The van der Waals surface area contributed by atoms with Crippen molar-refractivity contribution < 1.29 is 39.2 Å². The molecule has 0 heterocycles. The second-order valence-electron chi connectivity index (χ2n) is 13.7. The Morgan fingerprint density at radius 3 is 2.46 bits per heavy atom. The van der Waals surface area contributed by atoms with Crippen molar-refractivity contribution in [2.24, 2.45) is 46.3 Å². The van der Waals surface area contributed by atoms with Crippen LogP contribution in [0.25, 0.3) is 0 Å². The van der Waals surface area contributed by atoms with Crippen molar-refractivity contribution in [2.45, 2.75) is 123 Å². The van der Waals surface area contributed by atoms with Gasteiger partial charge in [-0.05, 0) is 111 Å². The highest BCUT2D eigenvalue weighted by Crippen LogP contribution is 2.68. The molecule has 0 amide bonds. The Morgan fingerprint density at radius 2 is 1.77 bits per heavy atom. The van der Waals surface area contributed by atoms with E-state index < -0.39 is 24.3 Å². The zero-order valence-electron chi connectivity index (χ0n) is 24.2. The lowest BCUT2D eigenvalue weighted by atomic mass is 9.43. The summed E-state index contributed by atoms with van der Waals surface area (Å²) in [5, 5.41) is 33.4. The highest BCUT2D eigenvalue weighted by Gasteiger charge is 2.65. The molecule has 3 unspecified atom stereocenters. The molecule has 4 aliphatic rings. The van der Waals surface area contributed by atoms with Gasteiger partial charge < -0.3 is 24.8 Å². The molecule has 4 fully saturated rings. The number of ether oxygens (including phenoxy) is 2. The number of aliphatic hydroxyl groups is 3. The van der Waals surface area contributed by atoms with Crippen molar-refractivity contribution in [3.8, 4) is 0 Å². The molecule has 4 rings (SSSR count). The smallest absolute Gasteiger partial charge is 0.306 e. The molecule has 0 radical (unpaired) electrons. The minimum Gasteiger partial charge on any atom is -0.466 e. The van der Waals surface area contributed by atoms with E-state index >= 15 is 0 Å². The summed E-state index contributed by atoms with van der Waals surface area (Å²) >= 11 is 0. The lowest BCUT2D eigenvalue weighted by Crippen LogP contribution is -2.62. The number of hydrogen-bond acceptors (Lipinski definition) is 8. The summed E-state index contributed by atoms with van der Waals surface area (Å²) < 4.78 is 10.3. The predicted octanol–water partition coefficient (Wildman–Crippen LogP) is 3.82. The molecule has 0 spiro atoms. The molecule has 222 valence electrons. The molecule has 0 bridgehead atoms. The van der Waals surface area contributed by atoms with Gasteiger partial charge in [0.15, 0.2) is 12.4 Å². The normalized spacial score (nSPS) is 42.8. The minimum atomic E-state index is -0.840. The van der Waals surface area contributed by atoms with Crippen LogP contribution < -0.4 is 0 Å². The molecule has 12 atom stereocenters. The van der Waals surface area contributed by atoms with Gasteiger partial charge in [-0.3, -0.25) is 14.4 Å². The molecule has 8 nitrogen and oxygen atoms in total. The number of fused-ring (bicyclic) bond motifs is 5. The minimum absolute atomic E-state index is 0.0478. The van der Waals surface area contributed by atoms with Gasteiger partial charge in [0.05, 0.1) is 24.9 Å². The van der Waals surface area contributed by atoms with Crippen molar-refractivity contribution in [3.63, 3.8) is 0 Å². The van der Waals surface area contributed by atoms with Crippen LogP contribution in [0.1, 0.15) is 98.3 Å². The summed E-state index contributed by atoms with van der Waals surface area (Å²) in [7, 11) is 0.